The average molecular weight is 330 g/mol. The SMILES string of the molecule is Cc1sc2nc([C@@H](C)OC(=O)c3cnccn3)[nH]c(=O)c2c1C. The lowest BCUT2D eigenvalue weighted by molar-refractivity contribution is 0.0312. The molecular formula is C15H14N4O3S. The number of H-pyrrole nitrogens is 1. The summed E-state index contributed by atoms with van der Waals surface area (Å²) in [5, 5.41) is 0.587. The molecule has 0 aliphatic heterocycles. The third-order valence-corrected chi connectivity index (χ3v) is 4.60. The smallest absolute Gasteiger partial charge is 0.359 e. The Balaban J connectivity index is 1.91. The minimum Gasteiger partial charge on any atom is -0.450 e. The Labute approximate surface area is 135 Å². The van der Waals surface area contributed by atoms with E-state index in [9.17, 15) is 9.59 Å². The van der Waals surface area contributed by atoms with Gasteiger partial charge in [-0.2, -0.15) is 0 Å². The number of carbonyl (C=O) groups is 1. The monoisotopic (exact) mass is 330 g/mol. The number of nitrogens with one attached hydrogen (secondary N) is 1. The van der Waals surface area contributed by atoms with Crippen LogP contribution in [0.3, 0.4) is 0 Å². The van der Waals surface area contributed by atoms with Crippen molar-refractivity contribution in [2.75, 3.05) is 0 Å². The Hall–Kier alpha value is -2.61. The second kappa shape index (κ2) is 5.88. The van der Waals surface area contributed by atoms with Gasteiger partial charge in [0.1, 0.15) is 4.83 Å². The molecule has 0 aliphatic carbocycles. The second-order valence-electron chi connectivity index (χ2n) is 5.05. The van der Waals surface area contributed by atoms with E-state index in [4.69, 9.17) is 4.74 Å². The fourth-order valence-corrected chi connectivity index (χ4v) is 3.18. The third-order valence-electron chi connectivity index (χ3n) is 3.50. The number of fused-ring (bicyclic) bond motifs is 1. The molecule has 0 aromatic carbocycles. The summed E-state index contributed by atoms with van der Waals surface area (Å²) >= 11 is 1.45. The second-order valence-corrected chi connectivity index (χ2v) is 6.26. The molecule has 0 radical (unpaired) electrons. The highest BCUT2D eigenvalue weighted by molar-refractivity contribution is 7.18. The lowest BCUT2D eigenvalue weighted by atomic mass is 10.2. The molecule has 0 unspecified atom stereocenters. The van der Waals surface area contributed by atoms with E-state index in [-0.39, 0.29) is 11.3 Å². The van der Waals surface area contributed by atoms with Gasteiger partial charge in [0.25, 0.3) is 5.56 Å². The summed E-state index contributed by atoms with van der Waals surface area (Å²) in [7, 11) is 0. The Kier molecular flexibility index (Phi) is 3.91. The molecule has 3 heterocycles. The van der Waals surface area contributed by atoms with E-state index in [1.165, 1.54) is 29.9 Å². The molecule has 0 amide bonds. The highest BCUT2D eigenvalue weighted by Gasteiger charge is 2.19. The van der Waals surface area contributed by atoms with Crippen molar-refractivity contribution >= 4 is 27.5 Å². The van der Waals surface area contributed by atoms with Gasteiger partial charge in [-0.1, -0.05) is 0 Å². The number of hydrogen-bond acceptors (Lipinski definition) is 7. The third kappa shape index (κ3) is 2.85. The number of hydrogen-bond donors (Lipinski definition) is 1. The number of rotatable bonds is 3. The minimum absolute atomic E-state index is 0.102. The fraction of sp³-hybridized carbons (Fsp3) is 0.267. The van der Waals surface area contributed by atoms with Crippen LogP contribution in [0.25, 0.3) is 10.2 Å². The van der Waals surface area contributed by atoms with Crippen molar-refractivity contribution in [2.24, 2.45) is 0 Å². The first kappa shape index (κ1) is 15.3. The Bertz CT molecular complexity index is 933. The van der Waals surface area contributed by atoms with Gasteiger partial charge in [0, 0.05) is 17.3 Å². The molecule has 0 spiro atoms. The average Bonchev–Trinajstić information content (AvgIpc) is 2.83. The fourth-order valence-electron chi connectivity index (χ4n) is 2.15. The zero-order valence-corrected chi connectivity index (χ0v) is 13.6. The molecule has 3 aromatic rings. The maximum absolute atomic E-state index is 12.2. The number of thiophene rings is 1. The molecule has 8 heteroatoms. The highest BCUT2D eigenvalue weighted by Crippen LogP contribution is 2.27. The van der Waals surface area contributed by atoms with E-state index in [2.05, 4.69) is 19.9 Å². The molecule has 3 aromatic heterocycles. The van der Waals surface area contributed by atoms with Crippen LogP contribution in [0.5, 0.6) is 0 Å². The quantitative estimate of drug-likeness (QED) is 0.740. The lowest BCUT2D eigenvalue weighted by Gasteiger charge is -2.11. The maximum atomic E-state index is 12.2. The molecule has 0 fully saturated rings. The van der Waals surface area contributed by atoms with Crippen LogP contribution in [0.4, 0.5) is 0 Å². The number of aromatic nitrogens is 4. The number of carbonyl (C=O) groups excluding carboxylic acids is 1. The summed E-state index contributed by atoms with van der Waals surface area (Å²) in [4.78, 5) is 40.7. The Morgan fingerprint density at radius 1 is 1.35 bits per heavy atom. The number of nitrogens with zero attached hydrogens (tertiary/aromatic N) is 3. The zero-order valence-electron chi connectivity index (χ0n) is 12.8. The summed E-state index contributed by atoms with van der Waals surface area (Å²) < 4.78 is 5.29. The lowest BCUT2D eigenvalue weighted by Crippen LogP contribution is -2.17. The summed E-state index contributed by atoms with van der Waals surface area (Å²) in [6.45, 7) is 5.48. The Morgan fingerprint density at radius 2 is 2.13 bits per heavy atom. The van der Waals surface area contributed by atoms with Crippen molar-refractivity contribution in [1.29, 1.82) is 0 Å². The van der Waals surface area contributed by atoms with Crippen molar-refractivity contribution in [3.05, 3.63) is 50.9 Å². The van der Waals surface area contributed by atoms with Gasteiger partial charge in [0.2, 0.25) is 0 Å². The largest absolute Gasteiger partial charge is 0.450 e. The van der Waals surface area contributed by atoms with E-state index in [1.54, 1.807) is 6.92 Å². The van der Waals surface area contributed by atoms with E-state index in [1.807, 2.05) is 13.8 Å². The first-order valence-corrected chi connectivity index (χ1v) is 7.76. The molecule has 0 saturated carbocycles. The molecule has 0 bridgehead atoms. The van der Waals surface area contributed by atoms with Crippen LogP contribution >= 0.6 is 11.3 Å². The predicted octanol–water partition coefficient (Wildman–Crippen LogP) is 2.31. The topological polar surface area (TPSA) is 97.8 Å². The van der Waals surface area contributed by atoms with E-state index >= 15 is 0 Å². The van der Waals surface area contributed by atoms with Crippen molar-refractivity contribution in [3.63, 3.8) is 0 Å². The summed E-state index contributed by atoms with van der Waals surface area (Å²) in [5.41, 5.74) is 0.800. The number of esters is 1. The van der Waals surface area contributed by atoms with Crippen LogP contribution < -0.4 is 5.56 Å². The number of aryl methyl sites for hydroxylation is 2. The van der Waals surface area contributed by atoms with Crippen LogP contribution in [0.1, 0.15) is 39.8 Å². The van der Waals surface area contributed by atoms with Crippen molar-refractivity contribution in [3.8, 4) is 0 Å². The molecule has 0 aliphatic rings. The van der Waals surface area contributed by atoms with E-state index in [0.29, 0.717) is 16.0 Å². The van der Waals surface area contributed by atoms with Gasteiger partial charge < -0.3 is 9.72 Å². The predicted molar refractivity (Wildman–Crippen MR) is 85.6 cm³/mol. The highest BCUT2D eigenvalue weighted by atomic mass is 32.1. The zero-order chi connectivity index (χ0) is 16.6. The van der Waals surface area contributed by atoms with Gasteiger partial charge in [0.15, 0.2) is 17.6 Å². The van der Waals surface area contributed by atoms with Crippen LogP contribution in [-0.2, 0) is 4.74 Å². The van der Waals surface area contributed by atoms with Gasteiger partial charge in [-0.3, -0.25) is 9.78 Å². The molecule has 118 valence electrons. The molecule has 1 N–H and O–H groups in total. The van der Waals surface area contributed by atoms with Crippen molar-refractivity contribution in [1.82, 2.24) is 19.9 Å². The number of ether oxygens (including phenoxy) is 1. The molecular weight excluding hydrogens is 316 g/mol. The standard InChI is InChI=1S/C15H14N4O3S/c1-7-9(3)23-14-11(7)13(20)18-12(19-14)8(2)22-15(21)10-6-16-4-5-17-10/h4-6,8H,1-3H3,(H,18,19,20)/t8-/m1/s1. The van der Waals surface area contributed by atoms with Crippen LogP contribution in [0.15, 0.2) is 23.4 Å². The van der Waals surface area contributed by atoms with E-state index in [0.717, 1.165) is 10.4 Å². The molecule has 3 rings (SSSR count). The summed E-state index contributed by atoms with van der Waals surface area (Å²) in [6, 6.07) is 0. The van der Waals surface area contributed by atoms with Gasteiger partial charge in [-0.15, -0.1) is 11.3 Å². The molecule has 23 heavy (non-hydrogen) atoms. The molecule has 0 saturated heterocycles. The van der Waals surface area contributed by atoms with E-state index < -0.39 is 12.1 Å². The maximum Gasteiger partial charge on any atom is 0.359 e. The Morgan fingerprint density at radius 3 is 2.83 bits per heavy atom. The van der Waals surface area contributed by atoms with Gasteiger partial charge >= 0.3 is 5.97 Å². The van der Waals surface area contributed by atoms with Crippen molar-refractivity contribution < 1.29 is 9.53 Å². The van der Waals surface area contributed by atoms with Crippen LogP contribution in [0, 0.1) is 13.8 Å². The minimum atomic E-state index is -0.704. The number of aromatic amines is 1. The molecule has 1 atom stereocenters. The van der Waals surface area contributed by atoms with Crippen LogP contribution in [-0.4, -0.2) is 25.9 Å². The van der Waals surface area contributed by atoms with Gasteiger partial charge in [0.05, 0.1) is 11.6 Å². The van der Waals surface area contributed by atoms with Crippen LogP contribution in [0.2, 0.25) is 0 Å². The summed E-state index contributed by atoms with van der Waals surface area (Å²) in [5.74, 6) is -0.312. The first-order valence-electron chi connectivity index (χ1n) is 6.94. The van der Waals surface area contributed by atoms with Gasteiger partial charge in [-0.05, 0) is 26.3 Å². The van der Waals surface area contributed by atoms with Gasteiger partial charge in [-0.25, -0.2) is 14.8 Å². The first-order chi connectivity index (χ1) is 11.0. The normalized spacial score (nSPS) is 12.3. The summed E-state index contributed by atoms with van der Waals surface area (Å²) in [6.07, 6.45) is 3.49. The molecule has 7 nitrogen and oxygen atoms in total. The van der Waals surface area contributed by atoms with Crippen molar-refractivity contribution in [2.45, 2.75) is 26.9 Å².